The number of carboxylic acid groups (broad SMARTS) is 1. The van der Waals surface area contributed by atoms with Gasteiger partial charge < -0.3 is 9.84 Å². The van der Waals surface area contributed by atoms with Crippen LogP contribution in [0.25, 0.3) is 0 Å². The lowest BCUT2D eigenvalue weighted by Gasteiger charge is -2.02. The fourth-order valence-corrected chi connectivity index (χ4v) is 1.12. The van der Waals surface area contributed by atoms with Gasteiger partial charge in [-0.2, -0.15) is 0 Å². The first-order valence-electron chi connectivity index (χ1n) is 3.58. The monoisotopic (exact) mass is 180 g/mol. The van der Waals surface area contributed by atoms with Crippen LogP contribution in [-0.4, -0.2) is 23.7 Å². The molecule has 1 N–H and O–H groups in total. The van der Waals surface area contributed by atoms with Gasteiger partial charge in [0.25, 0.3) is 0 Å². The highest BCUT2D eigenvalue weighted by Crippen LogP contribution is 2.19. The summed E-state index contributed by atoms with van der Waals surface area (Å²) in [5, 5.41) is 7.18. The molecule has 0 aromatic heterocycles. The molecular weight excluding hydrogens is 168 g/mol. The molecule has 11 heavy (non-hydrogen) atoms. The van der Waals surface area contributed by atoms with E-state index in [0.29, 0.717) is 6.10 Å². The standard InChI is InChI=1S/C6H12O.CHClO2/c1-7-6-4-2-3-5-6;2-1(3)4/h6H,2-5H2,1H3;(H,3,4). The Hall–Kier alpha value is -0.280. The highest BCUT2D eigenvalue weighted by Gasteiger charge is 2.12. The molecule has 0 bridgehead atoms. The molecule has 4 heteroatoms. The van der Waals surface area contributed by atoms with Crippen molar-refractivity contribution in [1.82, 2.24) is 0 Å². The van der Waals surface area contributed by atoms with Crippen LogP contribution in [0, 0.1) is 0 Å². The average Bonchev–Trinajstić information content (AvgIpc) is 2.36. The second-order valence-corrected chi connectivity index (χ2v) is 2.72. The maximum Gasteiger partial charge on any atom is 0.401 e. The summed E-state index contributed by atoms with van der Waals surface area (Å²) in [6, 6.07) is 0. The van der Waals surface area contributed by atoms with Crippen LogP contribution in [0.1, 0.15) is 25.7 Å². The van der Waals surface area contributed by atoms with Crippen LogP contribution in [0.2, 0.25) is 0 Å². The fraction of sp³-hybridized carbons (Fsp3) is 0.857. The van der Waals surface area contributed by atoms with Crippen LogP contribution >= 0.6 is 11.6 Å². The number of hydrogen-bond acceptors (Lipinski definition) is 2. The predicted molar refractivity (Wildman–Crippen MR) is 43.1 cm³/mol. The van der Waals surface area contributed by atoms with Crippen molar-refractivity contribution in [3.8, 4) is 0 Å². The zero-order valence-corrected chi connectivity index (χ0v) is 7.30. The first kappa shape index (κ1) is 10.7. The Morgan fingerprint density at radius 3 is 2.09 bits per heavy atom. The third kappa shape index (κ3) is 7.62. The van der Waals surface area contributed by atoms with Crippen LogP contribution in [-0.2, 0) is 4.74 Å². The van der Waals surface area contributed by atoms with Gasteiger partial charge in [-0.3, -0.25) is 0 Å². The Morgan fingerprint density at radius 1 is 1.55 bits per heavy atom. The smallest absolute Gasteiger partial charge is 0.401 e. The SMILES string of the molecule is COC1CCCC1.O=C(O)Cl. The summed E-state index contributed by atoms with van der Waals surface area (Å²) < 4.78 is 5.11. The molecule has 66 valence electrons. The summed E-state index contributed by atoms with van der Waals surface area (Å²) in [5.41, 5.74) is -1.36. The fourth-order valence-electron chi connectivity index (χ4n) is 1.12. The van der Waals surface area contributed by atoms with Crippen molar-refractivity contribution < 1.29 is 14.6 Å². The Balaban J connectivity index is 0.000000218. The molecule has 0 radical (unpaired) electrons. The zero-order chi connectivity index (χ0) is 8.69. The molecule has 1 aliphatic carbocycles. The Bertz CT molecular complexity index is 106. The minimum absolute atomic E-state index is 0.597. The molecule has 0 aliphatic heterocycles. The molecule has 0 aromatic carbocycles. The van der Waals surface area contributed by atoms with Gasteiger partial charge in [-0.15, -0.1) is 0 Å². The number of carbonyl (C=O) groups is 1. The van der Waals surface area contributed by atoms with Crippen molar-refractivity contribution in [3.05, 3.63) is 0 Å². The lowest BCUT2D eigenvalue weighted by molar-refractivity contribution is 0.109. The van der Waals surface area contributed by atoms with Crippen molar-refractivity contribution in [2.45, 2.75) is 31.8 Å². The van der Waals surface area contributed by atoms with Gasteiger partial charge in [0.15, 0.2) is 0 Å². The molecule has 0 amide bonds. The number of hydrogen-bond donors (Lipinski definition) is 1. The molecular formula is C7H13ClO3. The van der Waals surface area contributed by atoms with Gasteiger partial charge in [0.1, 0.15) is 0 Å². The molecule has 1 fully saturated rings. The van der Waals surface area contributed by atoms with Crippen LogP contribution in [0.15, 0.2) is 0 Å². The topological polar surface area (TPSA) is 46.5 Å². The van der Waals surface area contributed by atoms with Gasteiger partial charge in [0, 0.05) is 18.7 Å². The van der Waals surface area contributed by atoms with Gasteiger partial charge in [-0.1, -0.05) is 12.8 Å². The third-order valence-corrected chi connectivity index (χ3v) is 1.64. The van der Waals surface area contributed by atoms with Crippen LogP contribution in [0.3, 0.4) is 0 Å². The molecule has 0 saturated heterocycles. The van der Waals surface area contributed by atoms with E-state index < -0.39 is 5.43 Å². The molecule has 0 unspecified atom stereocenters. The first-order chi connectivity index (χ1) is 5.16. The summed E-state index contributed by atoms with van der Waals surface area (Å²) in [7, 11) is 1.80. The van der Waals surface area contributed by atoms with E-state index in [2.05, 4.69) is 11.6 Å². The zero-order valence-electron chi connectivity index (χ0n) is 6.55. The molecule has 0 spiro atoms. The van der Waals surface area contributed by atoms with E-state index >= 15 is 0 Å². The lowest BCUT2D eigenvalue weighted by atomic mass is 10.3. The van der Waals surface area contributed by atoms with Crippen molar-refractivity contribution >= 4 is 17.0 Å². The van der Waals surface area contributed by atoms with Crippen molar-refractivity contribution in [2.24, 2.45) is 0 Å². The van der Waals surface area contributed by atoms with E-state index in [1.54, 1.807) is 7.11 Å². The van der Waals surface area contributed by atoms with E-state index in [1.807, 2.05) is 0 Å². The quantitative estimate of drug-likeness (QED) is 0.631. The third-order valence-electron chi connectivity index (χ3n) is 1.64. The van der Waals surface area contributed by atoms with Gasteiger partial charge >= 0.3 is 5.43 Å². The summed E-state index contributed by atoms with van der Waals surface area (Å²) in [4.78, 5) is 8.77. The van der Waals surface area contributed by atoms with Crippen molar-refractivity contribution in [3.63, 3.8) is 0 Å². The second kappa shape index (κ2) is 6.43. The molecule has 0 atom stereocenters. The lowest BCUT2D eigenvalue weighted by Crippen LogP contribution is -2.01. The highest BCUT2D eigenvalue weighted by atomic mass is 35.5. The molecule has 1 aliphatic rings. The van der Waals surface area contributed by atoms with Gasteiger partial charge in [0.05, 0.1) is 6.10 Å². The number of rotatable bonds is 1. The highest BCUT2D eigenvalue weighted by molar-refractivity contribution is 6.60. The summed E-state index contributed by atoms with van der Waals surface area (Å²) in [5.74, 6) is 0. The molecule has 3 nitrogen and oxygen atoms in total. The number of halogens is 1. The largest absolute Gasteiger partial charge is 0.469 e. The molecule has 0 heterocycles. The Morgan fingerprint density at radius 2 is 1.91 bits per heavy atom. The average molecular weight is 181 g/mol. The van der Waals surface area contributed by atoms with Crippen LogP contribution in [0.5, 0.6) is 0 Å². The normalized spacial score (nSPS) is 17.3. The Kier molecular flexibility index (Phi) is 6.27. The van der Waals surface area contributed by atoms with Gasteiger partial charge in [-0.25, -0.2) is 4.79 Å². The molecule has 1 rings (SSSR count). The minimum atomic E-state index is -1.36. The van der Waals surface area contributed by atoms with E-state index in [-0.39, 0.29) is 0 Å². The van der Waals surface area contributed by atoms with Crippen LogP contribution in [0.4, 0.5) is 4.79 Å². The van der Waals surface area contributed by atoms with Crippen molar-refractivity contribution in [2.75, 3.05) is 7.11 Å². The minimum Gasteiger partial charge on any atom is -0.469 e. The predicted octanol–water partition coefficient (Wildman–Crippen LogP) is 2.48. The summed E-state index contributed by atoms with van der Waals surface area (Å²) in [6.45, 7) is 0. The Labute approximate surface area is 71.3 Å². The van der Waals surface area contributed by atoms with E-state index in [9.17, 15) is 0 Å². The summed E-state index contributed by atoms with van der Waals surface area (Å²) >= 11 is 4.19. The van der Waals surface area contributed by atoms with Gasteiger partial charge in [-0.05, 0) is 12.8 Å². The van der Waals surface area contributed by atoms with E-state index in [1.165, 1.54) is 25.7 Å². The van der Waals surface area contributed by atoms with E-state index in [0.717, 1.165) is 0 Å². The maximum atomic E-state index is 8.77. The van der Waals surface area contributed by atoms with E-state index in [4.69, 9.17) is 14.6 Å². The molecule has 0 aromatic rings. The van der Waals surface area contributed by atoms with Gasteiger partial charge in [0.2, 0.25) is 0 Å². The van der Waals surface area contributed by atoms with Crippen LogP contribution < -0.4 is 0 Å². The number of methoxy groups -OCH3 is 1. The molecule has 1 saturated carbocycles. The maximum absolute atomic E-state index is 8.77. The first-order valence-corrected chi connectivity index (χ1v) is 3.96. The van der Waals surface area contributed by atoms with Crippen molar-refractivity contribution in [1.29, 1.82) is 0 Å². The number of ether oxygens (including phenoxy) is 1. The second-order valence-electron chi connectivity index (χ2n) is 2.40. The summed E-state index contributed by atoms with van der Waals surface area (Å²) in [6.07, 6.45) is 5.92.